The summed E-state index contributed by atoms with van der Waals surface area (Å²) in [6.07, 6.45) is 0. The average molecular weight is 291 g/mol. The molecular weight excluding hydrogens is 278 g/mol. The van der Waals surface area contributed by atoms with Gasteiger partial charge in [-0.05, 0) is 23.8 Å². The third-order valence-electron chi connectivity index (χ3n) is 2.99. The van der Waals surface area contributed by atoms with Crippen LogP contribution in [0.15, 0.2) is 24.3 Å². The lowest BCUT2D eigenvalue weighted by molar-refractivity contribution is 0.0963. The predicted octanol–water partition coefficient (Wildman–Crippen LogP) is 1.24. The molecule has 0 aliphatic heterocycles. The highest BCUT2D eigenvalue weighted by molar-refractivity contribution is 6.03. The number of aromatic hydroxyl groups is 5. The Morgan fingerprint density at radius 3 is 2.14 bits per heavy atom. The van der Waals surface area contributed by atoms with Crippen molar-refractivity contribution < 1.29 is 30.3 Å². The van der Waals surface area contributed by atoms with Gasteiger partial charge in [0.2, 0.25) is 5.75 Å². The van der Waals surface area contributed by atoms with E-state index in [4.69, 9.17) is 0 Å². The zero-order valence-electron chi connectivity index (χ0n) is 11.0. The minimum atomic E-state index is -0.787. The normalized spacial score (nSPS) is 10.3. The molecule has 110 valence electrons. The van der Waals surface area contributed by atoms with Crippen molar-refractivity contribution in [2.45, 2.75) is 0 Å². The highest BCUT2D eigenvalue weighted by atomic mass is 16.3. The van der Waals surface area contributed by atoms with Gasteiger partial charge in [0.25, 0.3) is 5.91 Å². The first kappa shape index (κ1) is 14.3. The molecule has 1 amide bonds. The van der Waals surface area contributed by atoms with Gasteiger partial charge in [-0.3, -0.25) is 4.79 Å². The molecule has 7 heteroatoms. The first-order valence-electron chi connectivity index (χ1n) is 5.89. The second-order valence-corrected chi connectivity index (χ2v) is 4.30. The Morgan fingerprint density at radius 2 is 1.57 bits per heavy atom. The van der Waals surface area contributed by atoms with E-state index >= 15 is 0 Å². The molecule has 21 heavy (non-hydrogen) atoms. The standard InChI is InChI=1S/C14H13NO6/c1-15-14(21)7-5-10(18)12(19)13(20)11(7)6-2-3-8(16)9(17)4-6/h2-5,16-20H,1H3,(H,15,21). The molecule has 0 heterocycles. The quantitative estimate of drug-likeness (QED) is 0.462. The van der Waals surface area contributed by atoms with Crippen LogP contribution in [0.3, 0.4) is 0 Å². The highest BCUT2D eigenvalue weighted by Gasteiger charge is 2.22. The number of benzene rings is 2. The number of hydrogen-bond acceptors (Lipinski definition) is 6. The molecular formula is C14H13NO6. The summed E-state index contributed by atoms with van der Waals surface area (Å²) in [7, 11) is 1.36. The van der Waals surface area contributed by atoms with Crippen LogP contribution >= 0.6 is 0 Å². The minimum absolute atomic E-state index is 0.0834. The Labute approximate surface area is 119 Å². The van der Waals surface area contributed by atoms with Crippen LogP contribution in [0.1, 0.15) is 10.4 Å². The molecule has 2 rings (SSSR count). The minimum Gasteiger partial charge on any atom is -0.504 e. The fourth-order valence-electron chi connectivity index (χ4n) is 1.93. The third kappa shape index (κ3) is 2.36. The van der Waals surface area contributed by atoms with Gasteiger partial charge in [0.15, 0.2) is 23.0 Å². The second kappa shape index (κ2) is 5.12. The molecule has 0 radical (unpaired) electrons. The summed E-state index contributed by atoms with van der Waals surface area (Å²) in [4.78, 5) is 11.8. The molecule has 0 aliphatic carbocycles. The van der Waals surface area contributed by atoms with Gasteiger partial charge in [-0.25, -0.2) is 0 Å². The zero-order valence-corrected chi connectivity index (χ0v) is 11.0. The summed E-state index contributed by atoms with van der Waals surface area (Å²) in [6.45, 7) is 0. The SMILES string of the molecule is CNC(=O)c1cc(O)c(O)c(O)c1-c1ccc(O)c(O)c1. The van der Waals surface area contributed by atoms with Crippen molar-refractivity contribution in [3.05, 3.63) is 29.8 Å². The Hall–Kier alpha value is -3.09. The number of phenolic OH excluding ortho intramolecular Hbond substituents is 5. The molecule has 2 aromatic rings. The molecule has 0 unspecified atom stereocenters. The van der Waals surface area contributed by atoms with Crippen LogP contribution < -0.4 is 5.32 Å². The molecule has 0 aliphatic rings. The van der Waals surface area contributed by atoms with Gasteiger partial charge in [-0.2, -0.15) is 0 Å². The average Bonchev–Trinajstić information content (AvgIpc) is 2.46. The molecule has 0 aromatic heterocycles. The van der Waals surface area contributed by atoms with Gasteiger partial charge in [0, 0.05) is 12.6 Å². The van der Waals surface area contributed by atoms with Crippen LogP contribution in [0.2, 0.25) is 0 Å². The van der Waals surface area contributed by atoms with Gasteiger partial charge in [0.05, 0.1) is 5.56 Å². The lowest BCUT2D eigenvalue weighted by Gasteiger charge is -2.14. The van der Waals surface area contributed by atoms with Crippen LogP contribution in [-0.4, -0.2) is 38.5 Å². The number of amides is 1. The fraction of sp³-hybridized carbons (Fsp3) is 0.0714. The van der Waals surface area contributed by atoms with E-state index in [1.54, 1.807) is 0 Å². The number of carbonyl (C=O) groups excluding carboxylic acids is 1. The van der Waals surface area contributed by atoms with Crippen LogP contribution in [0, 0.1) is 0 Å². The maximum Gasteiger partial charge on any atom is 0.251 e. The number of nitrogens with one attached hydrogen (secondary N) is 1. The molecule has 0 saturated heterocycles. The van der Waals surface area contributed by atoms with Gasteiger partial charge in [0.1, 0.15) is 0 Å². The summed E-state index contributed by atoms with van der Waals surface area (Å²) in [5, 5.41) is 50.3. The number of hydrogen-bond donors (Lipinski definition) is 6. The van der Waals surface area contributed by atoms with Crippen molar-refractivity contribution in [1.29, 1.82) is 0 Å². The maximum atomic E-state index is 11.8. The molecule has 0 atom stereocenters. The number of phenols is 5. The third-order valence-corrected chi connectivity index (χ3v) is 2.99. The highest BCUT2D eigenvalue weighted by Crippen LogP contribution is 2.46. The molecule has 6 N–H and O–H groups in total. The van der Waals surface area contributed by atoms with E-state index < -0.39 is 28.9 Å². The lowest BCUT2D eigenvalue weighted by atomic mass is 9.96. The van der Waals surface area contributed by atoms with Gasteiger partial charge < -0.3 is 30.8 Å². The van der Waals surface area contributed by atoms with E-state index in [1.165, 1.54) is 19.2 Å². The lowest BCUT2D eigenvalue weighted by Crippen LogP contribution is -2.18. The monoisotopic (exact) mass is 291 g/mol. The van der Waals surface area contributed by atoms with Crippen molar-refractivity contribution in [1.82, 2.24) is 5.32 Å². The van der Waals surface area contributed by atoms with Crippen LogP contribution in [0.4, 0.5) is 0 Å². The number of rotatable bonds is 2. The van der Waals surface area contributed by atoms with Crippen molar-refractivity contribution in [3.8, 4) is 39.9 Å². The van der Waals surface area contributed by atoms with E-state index in [0.29, 0.717) is 0 Å². The zero-order chi connectivity index (χ0) is 15.7. The van der Waals surface area contributed by atoms with Gasteiger partial charge in [-0.1, -0.05) is 6.07 Å². The van der Waals surface area contributed by atoms with E-state index in [-0.39, 0.29) is 22.4 Å². The van der Waals surface area contributed by atoms with E-state index in [0.717, 1.165) is 12.1 Å². The molecule has 7 nitrogen and oxygen atoms in total. The Bertz CT molecular complexity index is 726. The van der Waals surface area contributed by atoms with Gasteiger partial charge >= 0.3 is 0 Å². The molecule has 2 aromatic carbocycles. The Balaban J connectivity index is 2.79. The Morgan fingerprint density at radius 1 is 0.905 bits per heavy atom. The topological polar surface area (TPSA) is 130 Å². The molecule has 0 spiro atoms. The fourth-order valence-corrected chi connectivity index (χ4v) is 1.93. The summed E-state index contributed by atoms with van der Waals surface area (Å²) in [6, 6.07) is 4.62. The van der Waals surface area contributed by atoms with Crippen LogP contribution in [-0.2, 0) is 0 Å². The maximum absolute atomic E-state index is 11.8. The van der Waals surface area contributed by atoms with Crippen molar-refractivity contribution in [2.75, 3.05) is 7.05 Å². The second-order valence-electron chi connectivity index (χ2n) is 4.30. The smallest absolute Gasteiger partial charge is 0.251 e. The van der Waals surface area contributed by atoms with E-state index in [1.807, 2.05) is 0 Å². The van der Waals surface area contributed by atoms with Gasteiger partial charge in [-0.15, -0.1) is 0 Å². The van der Waals surface area contributed by atoms with Crippen molar-refractivity contribution in [3.63, 3.8) is 0 Å². The predicted molar refractivity (Wildman–Crippen MR) is 73.6 cm³/mol. The molecule has 0 bridgehead atoms. The molecule has 0 saturated carbocycles. The first-order chi connectivity index (χ1) is 9.86. The molecule has 0 fully saturated rings. The summed E-state index contributed by atoms with van der Waals surface area (Å²) < 4.78 is 0. The van der Waals surface area contributed by atoms with Crippen LogP contribution in [0.25, 0.3) is 11.1 Å². The summed E-state index contributed by atoms with van der Waals surface area (Å²) >= 11 is 0. The van der Waals surface area contributed by atoms with Crippen molar-refractivity contribution in [2.24, 2.45) is 0 Å². The van der Waals surface area contributed by atoms with Crippen LogP contribution in [0.5, 0.6) is 28.7 Å². The largest absolute Gasteiger partial charge is 0.504 e. The van der Waals surface area contributed by atoms with E-state index in [9.17, 15) is 30.3 Å². The summed E-state index contributed by atoms with van der Waals surface area (Å²) in [5.41, 5.74) is -0.00737. The number of carbonyl (C=O) groups is 1. The summed E-state index contributed by atoms with van der Waals surface area (Å²) in [5.74, 6) is -3.59. The Kier molecular flexibility index (Phi) is 3.49. The van der Waals surface area contributed by atoms with Crippen molar-refractivity contribution >= 4 is 5.91 Å². The van der Waals surface area contributed by atoms with E-state index in [2.05, 4.69) is 5.32 Å². The first-order valence-corrected chi connectivity index (χ1v) is 5.89.